The summed E-state index contributed by atoms with van der Waals surface area (Å²) in [7, 11) is 1.66. The van der Waals surface area contributed by atoms with Crippen molar-refractivity contribution in [1.82, 2.24) is 5.32 Å². The average molecular weight is 262 g/mol. The lowest BCUT2D eigenvalue weighted by molar-refractivity contribution is 0.414. The van der Waals surface area contributed by atoms with E-state index in [-0.39, 0.29) is 0 Å². The van der Waals surface area contributed by atoms with Crippen molar-refractivity contribution in [2.24, 2.45) is 0 Å². The molecule has 3 N–H and O–H groups in total. The molecule has 4 heteroatoms. The molecule has 0 bridgehead atoms. The van der Waals surface area contributed by atoms with E-state index < -0.39 is 0 Å². The molecule has 0 aliphatic rings. The fourth-order valence-electron chi connectivity index (χ4n) is 1.76. The van der Waals surface area contributed by atoms with Crippen LogP contribution >= 0.6 is 11.3 Å². The van der Waals surface area contributed by atoms with Gasteiger partial charge >= 0.3 is 0 Å². The SMILES string of the molecule is COc1ccc(N)c(CNCc2sccc2C)c1. The summed E-state index contributed by atoms with van der Waals surface area (Å²) < 4.78 is 5.20. The van der Waals surface area contributed by atoms with Gasteiger partial charge in [0.2, 0.25) is 0 Å². The first kappa shape index (κ1) is 12.9. The van der Waals surface area contributed by atoms with Crippen molar-refractivity contribution in [2.75, 3.05) is 12.8 Å². The maximum atomic E-state index is 5.94. The Hall–Kier alpha value is -1.52. The highest BCUT2D eigenvalue weighted by Crippen LogP contribution is 2.20. The third-order valence-electron chi connectivity index (χ3n) is 2.92. The van der Waals surface area contributed by atoms with Crippen LogP contribution in [-0.4, -0.2) is 7.11 Å². The van der Waals surface area contributed by atoms with E-state index in [1.165, 1.54) is 10.4 Å². The zero-order chi connectivity index (χ0) is 13.0. The number of nitrogens with one attached hydrogen (secondary N) is 1. The zero-order valence-corrected chi connectivity index (χ0v) is 11.5. The Morgan fingerprint density at radius 1 is 1.28 bits per heavy atom. The Labute approximate surface area is 112 Å². The highest BCUT2D eigenvalue weighted by Gasteiger charge is 2.03. The van der Waals surface area contributed by atoms with E-state index in [4.69, 9.17) is 10.5 Å². The van der Waals surface area contributed by atoms with Crippen molar-refractivity contribution in [3.8, 4) is 5.75 Å². The number of hydrogen-bond donors (Lipinski definition) is 2. The lowest BCUT2D eigenvalue weighted by Gasteiger charge is -2.09. The Kier molecular flexibility index (Phi) is 4.23. The quantitative estimate of drug-likeness (QED) is 0.814. The predicted octanol–water partition coefficient (Wildman–Crippen LogP) is 2.94. The lowest BCUT2D eigenvalue weighted by Crippen LogP contribution is -2.13. The van der Waals surface area contributed by atoms with Gasteiger partial charge in [0.15, 0.2) is 0 Å². The third kappa shape index (κ3) is 3.03. The van der Waals surface area contributed by atoms with Crippen LogP contribution in [0.1, 0.15) is 16.0 Å². The minimum atomic E-state index is 0.750. The molecule has 0 aliphatic carbocycles. The number of hydrogen-bond acceptors (Lipinski definition) is 4. The van der Waals surface area contributed by atoms with Gasteiger partial charge in [0.25, 0.3) is 0 Å². The van der Waals surface area contributed by atoms with Crippen molar-refractivity contribution in [1.29, 1.82) is 0 Å². The van der Waals surface area contributed by atoms with E-state index in [1.807, 2.05) is 18.2 Å². The summed E-state index contributed by atoms with van der Waals surface area (Å²) in [6, 6.07) is 7.87. The summed E-state index contributed by atoms with van der Waals surface area (Å²) >= 11 is 1.78. The number of nitrogen functional groups attached to an aromatic ring is 1. The molecule has 0 saturated carbocycles. The number of anilines is 1. The average Bonchev–Trinajstić information content (AvgIpc) is 2.77. The van der Waals surface area contributed by atoms with Crippen LogP contribution in [0.2, 0.25) is 0 Å². The molecule has 1 heterocycles. The molecular weight excluding hydrogens is 244 g/mol. The molecular formula is C14H18N2OS. The second-order valence-corrected chi connectivity index (χ2v) is 5.20. The van der Waals surface area contributed by atoms with E-state index in [2.05, 4.69) is 23.7 Å². The predicted molar refractivity (Wildman–Crippen MR) is 77.0 cm³/mol. The molecule has 2 aromatic rings. The smallest absolute Gasteiger partial charge is 0.119 e. The minimum absolute atomic E-state index is 0.750. The second-order valence-electron chi connectivity index (χ2n) is 4.20. The summed E-state index contributed by atoms with van der Waals surface area (Å²) in [5.74, 6) is 0.841. The molecule has 0 amide bonds. The standard InChI is InChI=1S/C14H18N2OS/c1-10-5-6-18-14(10)9-16-8-11-7-12(17-2)3-4-13(11)15/h3-7,16H,8-9,15H2,1-2H3. The van der Waals surface area contributed by atoms with Crippen molar-refractivity contribution in [2.45, 2.75) is 20.0 Å². The Morgan fingerprint density at radius 3 is 2.78 bits per heavy atom. The molecule has 1 aromatic carbocycles. The summed E-state index contributed by atoms with van der Waals surface area (Å²) in [6.07, 6.45) is 0. The summed E-state index contributed by atoms with van der Waals surface area (Å²) in [6.45, 7) is 3.76. The number of benzene rings is 1. The maximum Gasteiger partial charge on any atom is 0.119 e. The van der Waals surface area contributed by atoms with Gasteiger partial charge in [-0.25, -0.2) is 0 Å². The van der Waals surface area contributed by atoms with Crippen LogP contribution in [0.4, 0.5) is 5.69 Å². The van der Waals surface area contributed by atoms with Crippen molar-refractivity contribution in [3.63, 3.8) is 0 Å². The van der Waals surface area contributed by atoms with Gasteiger partial charge in [0, 0.05) is 23.7 Å². The van der Waals surface area contributed by atoms with Crippen LogP contribution in [0, 0.1) is 6.92 Å². The molecule has 1 aromatic heterocycles. The topological polar surface area (TPSA) is 47.3 Å². The van der Waals surface area contributed by atoms with Crippen LogP contribution < -0.4 is 15.8 Å². The van der Waals surface area contributed by atoms with Crippen molar-refractivity contribution in [3.05, 3.63) is 45.6 Å². The number of thiophene rings is 1. The van der Waals surface area contributed by atoms with E-state index in [1.54, 1.807) is 18.4 Å². The molecule has 2 rings (SSSR count). The van der Waals surface area contributed by atoms with Crippen molar-refractivity contribution >= 4 is 17.0 Å². The number of ether oxygens (including phenoxy) is 1. The maximum absolute atomic E-state index is 5.94. The molecule has 96 valence electrons. The summed E-state index contributed by atoms with van der Waals surface area (Å²) in [4.78, 5) is 1.37. The highest BCUT2D eigenvalue weighted by molar-refractivity contribution is 7.10. The Balaban J connectivity index is 1.96. The molecule has 0 unspecified atom stereocenters. The van der Waals surface area contributed by atoms with E-state index >= 15 is 0 Å². The number of rotatable bonds is 5. The van der Waals surface area contributed by atoms with Gasteiger partial charge in [-0.05, 0) is 47.7 Å². The van der Waals surface area contributed by atoms with E-state index in [0.29, 0.717) is 0 Å². The molecule has 0 atom stereocenters. The van der Waals surface area contributed by atoms with Gasteiger partial charge in [-0.1, -0.05) is 0 Å². The van der Waals surface area contributed by atoms with Crippen LogP contribution in [0.15, 0.2) is 29.6 Å². The fraction of sp³-hybridized carbons (Fsp3) is 0.286. The number of methoxy groups -OCH3 is 1. The Bertz CT molecular complexity index is 522. The first-order valence-electron chi connectivity index (χ1n) is 5.87. The van der Waals surface area contributed by atoms with Gasteiger partial charge in [-0.2, -0.15) is 0 Å². The zero-order valence-electron chi connectivity index (χ0n) is 10.7. The van der Waals surface area contributed by atoms with Crippen LogP contribution in [0.5, 0.6) is 5.75 Å². The van der Waals surface area contributed by atoms with Crippen molar-refractivity contribution < 1.29 is 4.74 Å². The first-order valence-corrected chi connectivity index (χ1v) is 6.74. The van der Waals surface area contributed by atoms with Crippen LogP contribution in [-0.2, 0) is 13.1 Å². The molecule has 0 saturated heterocycles. The van der Waals surface area contributed by atoms with Gasteiger partial charge in [-0.3, -0.25) is 0 Å². The molecule has 3 nitrogen and oxygen atoms in total. The third-order valence-corrected chi connectivity index (χ3v) is 3.94. The first-order chi connectivity index (χ1) is 8.70. The molecule has 18 heavy (non-hydrogen) atoms. The van der Waals surface area contributed by atoms with Gasteiger partial charge in [0.1, 0.15) is 5.75 Å². The summed E-state index contributed by atoms with van der Waals surface area (Å²) in [5.41, 5.74) is 9.15. The van der Waals surface area contributed by atoms with Crippen LogP contribution in [0.25, 0.3) is 0 Å². The minimum Gasteiger partial charge on any atom is -0.497 e. The number of aryl methyl sites for hydroxylation is 1. The van der Waals surface area contributed by atoms with E-state index in [9.17, 15) is 0 Å². The molecule has 0 radical (unpaired) electrons. The van der Waals surface area contributed by atoms with Gasteiger partial charge < -0.3 is 15.8 Å². The second kappa shape index (κ2) is 5.89. The normalized spacial score (nSPS) is 10.6. The molecule has 0 aliphatic heterocycles. The molecule has 0 fully saturated rings. The number of nitrogens with two attached hydrogens (primary N) is 1. The largest absolute Gasteiger partial charge is 0.497 e. The lowest BCUT2D eigenvalue weighted by atomic mass is 10.1. The van der Waals surface area contributed by atoms with Gasteiger partial charge in [-0.15, -0.1) is 11.3 Å². The summed E-state index contributed by atoms with van der Waals surface area (Å²) in [5, 5.41) is 5.53. The fourth-order valence-corrected chi connectivity index (χ4v) is 2.63. The Morgan fingerprint density at radius 2 is 2.11 bits per heavy atom. The van der Waals surface area contributed by atoms with Crippen LogP contribution in [0.3, 0.4) is 0 Å². The molecule has 0 spiro atoms. The van der Waals surface area contributed by atoms with Gasteiger partial charge in [0.05, 0.1) is 7.11 Å². The monoisotopic (exact) mass is 262 g/mol. The van der Waals surface area contributed by atoms with E-state index in [0.717, 1.165) is 30.1 Å². The highest BCUT2D eigenvalue weighted by atomic mass is 32.1.